The first-order valence-corrected chi connectivity index (χ1v) is 10.5. The van der Waals surface area contributed by atoms with Crippen LogP contribution in [0.3, 0.4) is 0 Å². The van der Waals surface area contributed by atoms with Crippen molar-refractivity contribution >= 4 is 86.3 Å². The Labute approximate surface area is 192 Å². The number of rotatable bonds is 4. The molecular weight excluding hydrogens is 540 g/mol. The number of thiocarbonyl (C=S) groups is 1. The summed E-state index contributed by atoms with van der Waals surface area (Å²) >= 11 is 25.5. The van der Waals surface area contributed by atoms with E-state index in [0.29, 0.717) is 5.56 Å². The number of alkyl halides is 3. The van der Waals surface area contributed by atoms with E-state index in [1.807, 2.05) is 44.2 Å². The second kappa shape index (κ2) is 9.60. The fraction of sp³-hybridized carbons (Fsp3) is 0.222. The average Bonchev–Trinajstić information content (AvgIpc) is 2.57. The van der Waals surface area contributed by atoms with Crippen LogP contribution < -0.4 is 16.0 Å². The maximum Gasteiger partial charge on any atom is 0.254 e. The Morgan fingerprint density at radius 2 is 1.78 bits per heavy atom. The van der Waals surface area contributed by atoms with Gasteiger partial charge in [0.1, 0.15) is 6.17 Å². The molecule has 144 valence electrons. The van der Waals surface area contributed by atoms with Gasteiger partial charge < -0.3 is 16.0 Å². The second-order valence-electron chi connectivity index (χ2n) is 5.84. The molecule has 1 atom stereocenters. The number of aryl methyl sites for hydroxylation is 2. The van der Waals surface area contributed by atoms with Gasteiger partial charge in [0.15, 0.2) is 5.11 Å². The van der Waals surface area contributed by atoms with E-state index in [1.54, 1.807) is 12.1 Å². The predicted molar refractivity (Wildman–Crippen MR) is 126 cm³/mol. The van der Waals surface area contributed by atoms with E-state index < -0.39 is 9.96 Å². The van der Waals surface area contributed by atoms with E-state index in [1.165, 1.54) is 0 Å². The molecule has 0 radical (unpaired) electrons. The summed E-state index contributed by atoms with van der Waals surface area (Å²) in [6.45, 7) is 3.93. The summed E-state index contributed by atoms with van der Waals surface area (Å²) in [6.07, 6.45) is -1.03. The van der Waals surface area contributed by atoms with Crippen LogP contribution >= 0.6 is 69.6 Å². The molecule has 27 heavy (non-hydrogen) atoms. The van der Waals surface area contributed by atoms with Gasteiger partial charge in [-0.25, -0.2) is 0 Å². The molecule has 3 N–H and O–H groups in total. The highest BCUT2D eigenvalue weighted by Gasteiger charge is 2.35. The van der Waals surface area contributed by atoms with Gasteiger partial charge in [0.05, 0.1) is 5.56 Å². The fourth-order valence-corrected chi connectivity index (χ4v) is 3.40. The largest absolute Gasteiger partial charge is 0.339 e. The minimum atomic E-state index is -1.82. The third kappa shape index (κ3) is 6.64. The number of nitrogens with one attached hydrogen (secondary N) is 3. The van der Waals surface area contributed by atoms with Crippen molar-refractivity contribution in [1.82, 2.24) is 10.6 Å². The number of halogens is 4. The Bertz CT molecular complexity index is 858. The van der Waals surface area contributed by atoms with Crippen molar-refractivity contribution in [2.45, 2.75) is 23.8 Å². The maximum atomic E-state index is 12.6. The van der Waals surface area contributed by atoms with Gasteiger partial charge in [0, 0.05) is 9.26 Å². The van der Waals surface area contributed by atoms with Crippen molar-refractivity contribution in [3.05, 3.63) is 62.7 Å². The van der Waals surface area contributed by atoms with Gasteiger partial charge in [0.2, 0.25) is 3.79 Å². The molecule has 0 saturated heterocycles. The quantitative estimate of drug-likeness (QED) is 0.207. The van der Waals surface area contributed by atoms with Crippen molar-refractivity contribution < 1.29 is 4.79 Å². The van der Waals surface area contributed by atoms with Crippen LogP contribution in [0.4, 0.5) is 5.69 Å². The van der Waals surface area contributed by atoms with E-state index in [4.69, 9.17) is 47.0 Å². The molecule has 2 aromatic carbocycles. The van der Waals surface area contributed by atoms with Gasteiger partial charge in [0.25, 0.3) is 5.91 Å². The monoisotopic (exact) mass is 555 g/mol. The molecular formula is C18H17Cl3IN3OS. The predicted octanol–water partition coefficient (Wildman–Crippen LogP) is 5.32. The Morgan fingerprint density at radius 1 is 1.11 bits per heavy atom. The number of carbonyl (C=O) groups excluding carboxylic acids is 1. The standard InChI is InChI=1S/C18H17Cl3IN3OS/c1-10-7-8-11(2)14(9-10)23-17(27)25-16(18(19,20)21)24-15(26)12-5-3-4-6-13(12)22/h3-9,16H,1-2H3,(H,24,26)(H2,23,25,27). The SMILES string of the molecule is Cc1ccc(C)c(NC(=S)NC(NC(=O)c2ccccc2I)C(Cl)(Cl)Cl)c1. The molecule has 0 aliphatic carbocycles. The Morgan fingerprint density at radius 3 is 2.41 bits per heavy atom. The molecule has 0 fully saturated rings. The van der Waals surface area contributed by atoms with Crippen LogP contribution in [0.15, 0.2) is 42.5 Å². The van der Waals surface area contributed by atoms with Crippen LogP contribution in [0.1, 0.15) is 21.5 Å². The average molecular weight is 557 g/mol. The van der Waals surface area contributed by atoms with E-state index in [0.717, 1.165) is 20.4 Å². The summed E-state index contributed by atoms with van der Waals surface area (Å²) in [4.78, 5) is 12.6. The molecule has 0 aliphatic rings. The number of hydrogen-bond donors (Lipinski definition) is 3. The van der Waals surface area contributed by atoms with Crippen LogP contribution in [0, 0.1) is 17.4 Å². The topological polar surface area (TPSA) is 53.2 Å². The molecule has 0 aliphatic heterocycles. The maximum absolute atomic E-state index is 12.6. The first-order valence-electron chi connectivity index (χ1n) is 7.85. The first kappa shape index (κ1) is 22.5. The third-order valence-corrected chi connectivity index (χ3v) is 5.45. The lowest BCUT2D eigenvalue weighted by Gasteiger charge is -2.28. The molecule has 4 nitrogen and oxygen atoms in total. The van der Waals surface area contributed by atoms with Crippen LogP contribution in [0.25, 0.3) is 0 Å². The summed E-state index contributed by atoms with van der Waals surface area (Å²) in [7, 11) is 0. The third-order valence-electron chi connectivity index (χ3n) is 3.64. The summed E-state index contributed by atoms with van der Waals surface area (Å²) in [5.74, 6) is -0.377. The molecule has 0 aromatic heterocycles. The van der Waals surface area contributed by atoms with Gasteiger partial charge in [-0.05, 0) is 78.0 Å². The molecule has 0 saturated carbocycles. The molecule has 0 spiro atoms. The van der Waals surface area contributed by atoms with E-state index in [9.17, 15) is 4.79 Å². The number of hydrogen-bond acceptors (Lipinski definition) is 2. The van der Waals surface area contributed by atoms with Crippen LogP contribution in [-0.2, 0) is 0 Å². The zero-order valence-corrected chi connectivity index (χ0v) is 19.7. The number of benzene rings is 2. The zero-order valence-electron chi connectivity index (χ0n) is 14.4. The Balaban J connectivity index is 2.12. The molecule has 0 heterocycles. The highest BCUT2D eigenvalue weighted by Crippen LogP contribution is 2.29. The lowest BCUT2D eigenvalue weighted by Crippen LogP contribution is -2.56. The number of carbonyl (C=O) groups is 1. The fourth-order valence-electron chi connectivity index (χ4n) is 2.21. The smallest absolute Gasteiger partial charge is 0.254 e. The molecule has 9 heteroatoms. The van der Waals surface area contributed by atoms with Gasteiger partial charge in [-0.1, -0.05) is 59.1 Å². The van der Waals surface area contributed by atoms with Crippen molar-refractivity contribution in [1.29, 1.82) is 0 Å². The van der Waals surface area contributed by atoms with Crippen LogP contribution in [0.5, 0.6) is 0 Å². The molecule has 1 amide bonds. The van der Waals surface area contributed by atoms with Gasteiger partial charge in [-0.15, -0.1) is 0 Å². The number of amides is 1. The minimum Gasteiger partial charge on any atom is -0.339 e. The lowest BCUT2D eigenvalue weighted by atomic mass is 10.1. The molecule has 0 bridgehead atoms. The Kier molecular flexibility index (Phi) is 8.00. The van der Waals surface area contributed by atoms with E-state index in [-0.39, 0.29) is 11.0 Å². The summed E-state index contributed by atoms with van der Waals surface area (Å²) in [5.41, 5.74) is 3.40. The van der Waals surface area contributed by atoms with Gasteiger partial charge >= 0.3 is 0 Å². The van der Waals surface area contributed by atoms with Crippen molar-refractivity contribution in [2.75, 3.05) is 5.32 Å². The zero-order chi connectivity index (χ0) is 20.2. The normalized spacial score (nSPS) is 12.2. The van der Waals surface area contributed by atoms with Gasteiger partial charge in [-0.3, -0.25) is 4.79 Å². The molecule has 2 rings (SSSR count). The van der Waals surface area contributed by atoms with Crippen molar-refractivity contribution in [3.63, 3.8) is 0 Å². The minimum absolute atomic E-state index is 0.225. The second-order valence-corrected chi connectivity index (χ2v) is 9.78. The molecule has 2 aromatic rings. The first-order chi connectivity index (χ1) is 12.6. The van der Waals surface area contributed by atoms with Crippen LogP contribution in [-0.4, -0.2) is 21.0 Å². The molecule has 1 unspecified atom stereocenters. The highest BCUT2D eigenvalue weighted by molar-refractivity contribution is 14.1. The van der Waals surface area contributed by atoms with Gasteiger partial charge in [-0.2, -0.15) is 0 Å². The highest BCUT2D eigenvalue weighted by atomic mass is 127. The van der Waals surface area contributed by atoms with Crippen LogP contribution in [0.2, 0.25) is 0 Å². The van der Waals surface area contributed by atoms with E-state index in [2.05, 4.69) is 38.5 Å². The summed E-state index contributed by atoms with van der Waals surface area (Å²) < 4.78 is -1.03. The summed E-state index contributed by atoms with van der Waals surface area (Å²) in [6, 6.07) is 13.1. The van der Waals surface area contributed by atoms with E-state index >= 15 is 0 Å². The summed E-state index contributed by atoms with van der Waals surface area (Å²) in [5, 5.41) is 8.84. The number of anilines is 1. The van der Waals surface area contributed by atoms with Crippen molar-refractivity contribution in [2.24, 2.45) is 0 Å². The Hall–Kier alpha value is -0.800. The van der Waals surface area contributed by atoms with Crippen molar-refractivity contribution in [3.8, 4) is 0 Å². The lowest BCUT2D eigenvalue weighted by molar-refractivity contribution is 0.0933.